The molecule has 0 saturated carbocycles. The number of aryl methyl sites for hydroxylation is 1. The fourth-order valence-electron chi connectivity index (χ4n) is 2.73. The zero-order valence-electron chi connectivity index (χ0n) is 12.9. The number of ether oxygens (including phenoxy) is 2. The van der Waals surface area contributed by atoms with Crippen molar-refractivity contribution in [1.29, 1.82) is 0 Å². The Hall–Kier alpha value is -1.26. The molecule has 0 aliphatic heterocycles. The van der Waals surface area contributed by atoms with E-state index in [2.05, 4.69) is 11.5 Å². The number of rotatable bonds is 8. The molecule has 2 rings (SSSR count). The number of hydrogen-bond acceptors (Lipinski definition) is 3. The van der Waals surface area contributed by atoms with Gasteiger partial charge in [0.15, 0.2) is 0 Å². The molecule has 1 unspecified atom stereocenters. The molecule has 1 aromatic carbocycles. The maximum atomic E-state index is 5.94. The molecular formula is C16H23ClN2O2. The molecule has 1 atom stereocenters. The zero-order valence-corrected chi connectivity index (χ0v) is 13.7. The molecule has 0 fully saturated rings. The van der Waals surface area contributed by atoms with Crippen molar-refractivity contribution in [2.75, 3.05) is 26.7 Å². The van der Waals surface area contributed by atoms with Gasteiger partial charge >= 0.3 is 0 Å². The van der Waals surface area contributed by atoms with Gasteiger partial charge in [-0.1, -0.05) is 13.3 Å². The lowest BCUT2D eigenvalue weighted by molar-refractivity contribution is 0.151. The van der Waals surface area contributed by atoms with Crippen LogP contribution in [0.3, 0.4) is 0 Å². The van der Waals surface area contributed by atoms with Crippen molar-refractivity contribution >= 4 is 22.6 Å². The first kappa shape index (κ1) is 16.1. The van der Waals surface area contributed by atoms with Crippen molar-refractivity contribution in [1.82, 2.24) is 9.55 Å². The molecule has 0 amide bonds. The van der Waals surface area contributed by atoms with Gasteiger partial charge in [0.1, 0.15) is 11.6 Å². The minimum Gasteiger partial charge on any atom is -0.497 e. The Balaban J connectivity index is 2.56. The molecule has 0 bridgehead atoms. The van der Waals surface area contributed by atoms with Crippen molar-refractivity contribution in [3.63, 3.8) is 0 Å². The summed E-state index contributed by atoms with van der Waals surface area (Å²) in [5.41, 5.74) is 2.07. The van der Waals surface area contributed by atoms with Gasteiger partial charge in [0, 0.05) is 25.5 Å². The van der Waals surface area contributed by atoms with E-state index in [4.69, 9.17) is 26.1 Å². The predicted molar refractivity (Wildman–Crippen MR) is 86.5 cm³/mol. The van der Waals surface area contributed by atoms with E-state index in [1.54, 1.807) is 14.2 Å². The Morgan fingerprint density at radius 3 is 2.76 bits per heavy atom. The smallest absolute Gasteiger partial charge is 0.121 e. The number of halogens is 1. The van der Waals surface area contributed by atoms with Crippen molar-refractivity contribution in [2.24, 2.45) is 0 Å². The Labute approximate surface area is 131 Å². The number of fused-ring (bicyclic) bond motifs is 1. The van der Waals surface area contributed by atoms with Crippen LogP contribution in [0.1, 0.15) is 31.6 Å². The standard InChI is InChI=1S/C16H23ClN2O2/c1-4-5-12(11-20-2)19-15-10-13(21-3)6-7-14(15)18-16(19)8-9-17/h6-7,10,12H,4-5,8-9,11H2,1-3H3. The molecule has 0 N–H and O–H groups in total. The molecule has 21 heavy (non-hydrogen) atoms. The van der Waals surface area contributed by atoms with Gasteiger partial charge in [-0.15, -0.1) is 11.6 Å². The largest absolute Gasteiger partial charge is 0.497 e. The molecule has 0 spiro atoms. The molecule has 1 aromatic heterocycles. The Morgan fingerprint density at radius 2 is 2.14 bits per heavy atom. The number of benzene rings is 1. The van der Waals surface area contributed by atoms with E-state index < -0.39 is 0 Å². The maximum Gasteiger partial charge on any atom is 0.121 e. The lowest BCUT2D eigenvalue weighted by Gasteiger charge is -2.20. The molecular weight excluding hydrogens is 288 g/mol. The summed E-state index contributed by atoms with van der Waals surface area (Å²) in [6.07, 6.45) is 2.90. The topological polar surface area (TPSA) is 36.3 Å². The van der Waals surface area contributed by atoms with E-state index in [1.165, 1.54) is 0 Å². The van der Waals surface area contributed by atoms with Crippen LogP contribution in [0.5, 0.6) is 5.75 Å². The Bertz CT molecular complexity index is 577. The van der Waals surface area contributed by atoms with Crippen LogP contribution < -0.4 is 4.74 Å². The van der Waals surface area contributed by atoms with Gasteiger partial charge in [-0.2, -0.15) is 0 Å². The maximum absolute atomic E-state index is 5.94. The van der Waals surface area contributed by atoms with E-state index in [0.717, 1.165) is 41.9 Å². The van der Waals surface area contributed by atoms with Crippen molar-refractivity contribution in [2.45, 2.75) is 32.2 Å². The van der Waals surface area contributed by atoms with Gasteiger partial charge in [0.05, 0.1) is 30.8 Å². The van der Waals surface area contributed by atoms with Crippen molar-refractivity contribution in [3.05, 3.63) is 24.0 Å². The average molecular weight is 311 g/mol. The fourth-order valence-corrected chi connectivity index (χ4v) is 2.90. The highest BCUT2D eigenvalue weighted by atomic mass is 35.5. The summed E-state index contributed by atoms with van der Waals surface area (Å²) in [4.78, 5) is 4.73. The average Bonchev–Trinajstić information content (AvgIpc) is 2.84. The first-order valence-electron chi connectivity index (χ1n) is 7.34. The molecule has 4 nitrogen and oxygen atoms in total. The van der Waals surface area contributed by atoms with E-state index in [0.29, 0.717) is 12.5 Å². The zero-order chi connectivity index (χ0) is 15.2. The fraction of sp³-hybridized carbons (Fsp3) is 0.562. The number of aromatic nitrogens is 2. The summed E-state index contributed by atoms with van der Waals surface area (Å²) >= 11 is 5.94. The monoisotopic (exact) mass is 310 g/mol. The minimum atomic E-state index is 0.273. The number of hydrogen-bond donors (Lipinski definition) is 0. The third-order valence-corrected chi connectivity index (χ3v) is 3.82. The first-order valence-corrected chi connectivity index (χ1v) is 7.88. The normalized spacial score (nSPS) is 12.8. The van der Waals surface area contributed by atoms with E-state index >= 15 is 0 Å². The number of methoxy groups -OCH3 is 2. The van der Waals surface area contributed by atoms with Crippen LogP contribution in [0.4, 0.5) is 0 Å². The second kappa shape index (κ2) is 7.66. The van der Waals surface area contributed by atoms with E-state index in [1.807, 2.05) is 18.2 Å². The molecule has 2 aromatic rings. The van der Waals surface area contributed by atoms with E-state index in [9.17, 15) is 0 Å². The van der Waals surface area contributed by atoms with Crippen LogP contribution in [-0.2, 0) is 11.2 Å². The van der Waals surface area contributed by atoms with Gasteiger partial charge in [-0.3, -0.25) is 0 Å². The Kier molecular flexibility index (Phi) is 5.88. The Morgan fingerprint density at radius 1 is 1.33 bits per heavy atom. The van der Waals surface area contributed by atoms with Crippen LogP contribution in [0.2, 0.25) is 0 Å². The van der Waals surface area contributed by atoms with E-state index in [-0.39, 0.29) is 6.04 Å². The second-order valence-electron chi connectivity index (χ2n) is 5.09. The quantitative estimate of drug-likeness (QED) is 0.696. The van der Waals surface area contributed by atoms with Crippen LogP contribution >= 0.6 is 11.6 Å². The summed E-state index contributed by atoms with van der Waals surface area (Å²) in [7, 11) is 3.42. The molecule has 5 heteroatoms. The van der Waals surface area contributed by atoms with Gasteiger partial charge < -0.3 is 14.0 Å². The third kappa shape index (κ3) is 3.50. The molecule has 0 radical (unpaired) electrons. The van der Waals surface area contributed by atoms with Gasteiger partial charge in [0.25, 0.3) is 0 Å². The van der Waals surface area contributed by atoms with Gasteiger partial charge in [0.2, 0.25) is 0 Å². The van der Waals surface area contributed by atoms with Crippen LogP contribution in [0.25, 0.3) is 11.0 Å². The summed E-state index contributed by atoms with van der Waals surface area (Å²) in [5.74, 6) is 2.42. The number of alkyl halides is 1. The molecule has 116 valence electrons. The summed E-state index contributed by atoms with van der Waals surface area (Å²) < 4.78 is 13.0. The highest BCUT2D eigenvalue weighted by Crippen LogP contribution is 2.28. The third-order valence-electron chi connectivity index (χ3n) is 3.63. The molecule has 1 heterocycles. The minimum absolute atomic E-state index is 0.273. The van der Waals surface area contributed by atoms with Crippen molar-refractivity contribution in [3.8, 4) is 5.75 Å². The molecule has 0 aliphatic rings. The van der Waals surface area contributed by atoms with Gasteiger partial charge in [-0.05, 0) is 18.6 Å². The highest BCUT2D eigenvalue weighted by molar-refractivity contribution is 6.17. The summed E-state index contributed by atoms with van der Waals surface area (Å²) in [5, 5.41) is 0. The molecule has 0 aliphatic carbocycles. The lowest BCUT2D eigenvalue weighted by Crippen LogP contribution is -2.17. The highest BCUT2D eigenvalue weighted by Gasteiger charge is 2.19. The first-order chi connectivity index (χ1) is 10.2. The summed E-state index contributed by atoms with van der Waals surface area (Å²) in [6.45, 7) is 2.86. The summed E-state index contributed by atoms with van der Waals surface area (Å²) in [6, 6.07) is 6.25. The van der Waals surface area contributed by atoms with Crippen LogP contribution in [-0.4, -0.2) is 36.3 Å². The second-order valence-corrected chi connectivity index (χ2v) is 5.47. The van der Waals surface area contributed by atoms with Crippen LogP contribution in [0.15, 0.2) is 18.2 Å². The number of nitrogens with zero attached hydrogens (tertiary/aromatic N) is 2. The molecule has 0 saturated heterocycles. The van der Waals surface area contributed by atoms with Crippen molar-refractivity contribution < 1.29 is 9.47 Å². The predicted octanol–water partition coefficient (Wildman–Crippen LogP) is 3.81. The number of imidazole rings is 1. The lowest BCUT2D eigenvalue weighted by atomic mass is 10.1. The van der Waals surface area contributed by atoms with Crippen LogP contribution in [0, 0.1) is 0 Å². The van der Waals surface area contributed by atoms with Gasteiger partial charge in [-0.25, -0.2) is 4.98 Å². The SMILES string of the molecule is CCCC(COC)n1c(CCCl)nc2ccc(OC)cc21.